The van der Waals surface area contributed by atoms with Gasteiger partial charge in [-0.05, 0) is 13.0 Å². The van der Waals surface area contributed by atoms with E-state index in [0.717, 1.165) is 11.4 Å². The van der Waals surface area contributed by atoms with E-state index in [1.165, 1.54) is 0 Å². The highest BCUT2D eigenvalue weighted by atomic mass is 127. The molecule has 68 valence electrons. The fraction of sp³-hybridized carbons (Fsp3) is 0.286. The number of aromatic nitrogens is 4. The number of halogens is 1. The Bertz CT molecular complexity index is 433. The third kappa shape index (κ3) is 1.58. The molecule has 0 N–H and O–H groups in total. The van der Waals surface area contributed by atoms with Crippen LogP contribution >= 0.6 is 22.6 Å². The lowest BCUT2D eigenvalue weighted by Crippen LogP contribution is -1.93. The Hall–Kier alpha value is -0.920. The van der Waals surface area contributed by atoms with Crippen molar-refractivity contribution < 1.29 is 4.52 Å². The molecule has 2 rings (SSSR count). The maximum Gasteiger partial charge on any atom is 0.276 e. The second-order valence-electron chi connectivity index (χ2n) is 2.66. The molecule has 0 saturated heterocycles. The number of aryl methyl sites for hydroxylation is 2. The molecule has 2 aromatic heterocycles. The molecule has 0 unspecified atom stereocenters. The van der Waals surface area contributed by atoms with Gasteiger partial charge in [-0.2, -0.15) is 10.1 Å². The molecule has 0 bridgehead atoms. The molecule has 0 aliphatic rings. The van der Waals surface area contributed by atoms with Crippen LogP contribution in [0.4, 0.5) is 0 Å². The summed E-state index contributed by atoms with van der Waals surface area (Å²) in [4.78, 5) is 4.10. The molecular weight excluding hydrogens is 283 g/mol. The van der Waals surface area contributed by atoms with Crippen molar-refractivity contribution in [3.63, 3.8) is 0 Å². The SMILES string of the molecule is Cc1cc(-c2nc(I)no2)n(C)n1. The molecule has 5 nitrogen and oxygen atoms in total. The van der Waals surface area contributed by atoms with Crippen molar-refractivity contribution in [1.29, 1.82) is 0 Å². The van der Waals surface area contributed by atoms with Gasteiger partial charge in [-0.1, -0.05) is 5.16 Å². The number of rotatable bonds is 1. The Labute approximate surface area is 88.3 Å². The zero-order valence-corrected chi connectivity index (χ0v) is 9.31. The van der Waals surface area contributed by atoms with E-state index in [9.17, 15) is 0 Å². The number of hydrogen-bond acceptors (Lipinski definition) is 4. The van der Waals surface area contributed by atoms with Crippen LogP contribution in [0.5, 0.6) is 0 Å². The molecule has 0 spiro atoms. The highest BCUT2D eigenvalue weighted by molar-refractivity contribution is 14.1. The third-order valence-corrected chi connectivity index (χ3v) is 2.06. The minimum Gasteiger partial charge on any atom is -0.331 e. The van der Waals surface area contributed by atoms with E-state index in [1.54, 1.807) is 4.68 Å². The molecule has 0 aliphatic heterocycles. The van der Waals surface area contributed by atoms with E-state index in [0.29, 0.717) is 9.72 Å². The fourth-order valence-corrected chi connectivity index (χ4v) is 1.44. The highest BCUT2D eigenvalue weighted by Gasteiger charge is 2.11. The molecule has 6 heteroatoms. The van der Waals surface area contributed by atoms with Crippen molar-refractivity contribution >= 4 is 22.6 Å². The van der Waals surface area contributed by atoms with Crippen LogP contribution in [0.1, 0.15) is 5.69 Å². The lowest BCUT2D eigenvalue weighted by Gasteiger charge is -1.92. The Kier molecular flexibility index (Phi) is 2.06. The monoisotopic (exact) mass is 290 g/mol. The minimum absolute atomic E-state index is 0.507. The molecule has 0 fully saturated rings. The molecule has 0 aliphatic carbocycles. The molecule has 0 radical (unpaired) electrons. The van der Waals surface area contributed by atoms with Crippen molar-refractivity contribution in [2.24, 2.45) is 7.05 Å². The van der Waals surface area contributed by atoms with Gasteiger partial charge in [0, 0.05) is 29.6 Å². The average Bonchev–Trinajstić information content (AvgIpc) is 2.58. The van der Waals surface area contributed by atoms with E-state index in [1.807, 2.05) is 42.6 Å². The largest absolute Gasteiger partial charge is 0.331 e. The summed E-state index contributed by atoms with van der Waals surface area (Å²) < 4.78 is 7.34. The van der Waals surface area contributed by atoms with Gasteiger partial charge in [-0.15, -0.1) is 0 Å². The Morgan fingerprint density at radius 1 is 1.54 bits per heavy atom. The third-order valence-electron chi connectivity index (χ3n) is 1.62. The summed E-state index contributed by atoms with van der Waals surface area (Å²) in [5.41, 5.74) is 1.78. The minimum atomic E-state index is 0.507. The second-order valence-corrected chi connectivity index (χ2v) is 3.63. The van der Waals surface area contributed by atoms with Crippen LogP contribution in [-0.4, -0.2) is 19.9 Å². The molecule has 13 heavy (non-hydrogen) atoms. The molecule has 0 atom stereocenters. The molecule has 0 saturated carbocycles. The summed E-state index contributed by atoms with van der Waals surface area (Å²) in [5, 5.41) is 7.89. The zero-order chi connectivity index (χ0) is 9.42. The van der Waals surface area contributed by atoms with Crippen LogP contribution < -0.4 is 0 Å². The zero-order valence-electron chi connectivity index (χ0n) is 7.15. The van der Waals surface area contributed by atoms with E-state index in [4.69, 9.17) is 4.52 Å². The normalized spacial score (nSPS) is 10.7. The fourth-order valence-electron chi connectivity index (χ4n) is 1.12. The van der Waals surface area contributed by atoms with Crippen LogP contribution in [0.15, 0.2) is 10.6 Å². The summed E-state index contributed by atoms with van der Waals surface area (Å²) in [5.74, 6) is 0.507. The summed E-state index contributed by atoms with van der Waals surface area (Å²) in [7, 11) is 1.85. The summed E-state index contributed by atoms with van der Waals surface area (Å²) in [6, 6.07) is 1.91. The van der Waals surface area contributed by atoms with Crippen molar-refractivity contribution in [3.05, 3.63) is 15.6 Å². The summed E-state index contributed by atoms with van der Waals surface area (Å²) >= 11 is 2.00. The standard InChI is InChI=1S/C7H7IN4O/c1-4-3-5(12(2)10-4)6-9-7(8)11-13-6/h3H,1-2H3. The van der Waals surface area contributed by atoms with E-state index in [-0.39, 0.29) is 0 Å². The van der Waals surface area contributed by atoms with Crippen LogP contribution in [0.2, 0.25) is 0 Å². The lowest BCUT2D eigenvalue weighted by atomic mass is 10.4. The van der Waals surface area contributed by atoms with E-state index < -0.39 is 0 Å². The van der Waals surface area contributed by atoms with Gasteiger partial charge in [0.15, 0.2) is 0 Å². The van der Waals surface area contributed by atoms with Gasteiger partial charge in [0.1, 0.15) is 5.69 Å². The smallest absolute Gasteiger partial charge is 0.276 e. The van der Waals surface area contributed by atoms with Crippen molar-refractivity contribution in [1.82, 2.24) is 19.9 Å². The quantitative estimate of drug-likeness (QED) is 0.745. The van der Waals surface area contributed by atoms with Crippen LogP contribution in [0, 0.1) is 10.8 Å². The highest BCUT2D eigenvalue weighted by Crippen LogP contribution is 2.17. The van der Waals surface area contributed by atoms with Gasteiger partial charge in [0.05, 0.1) is 5.69 Å². The molecule has 2 aromatic rings. The van der Waals surface area contributed by atoms with Crippen LogP contribution in [0.25, 0.3) is 11.6 Å². The van der Waals surface area contributed by atoms with Crippen molar-refractivity contribution in [3.8, 4) is 11.6 Å². The number of hydrogen-bond donors (Lipinski definition) is 0. The molecule has 0 aromatic carbocycles. The van der Waals surface area contributed by atoms with Crippen LogP contribution in [0.3, 0.4) is 0 Å². The molecule has 0 amide bonds. The van der Waals surface area contributed by atoms with Gasteiger partial charge in [0.25, 0.3) is 5.89 Å². The number of nitrogens with zero attached hydrogens (tertiary/aromatic N) is 4. The lowest BCUT2D eigenvalue weighted by molar-refractivity contribution is 0.422. The van der Waals surface area contributed by atoms with Crippen molar-refractivity contribution in [2.75, 3.05) is 0 Å². The Balaban J connectivity index is 2.51. The van der Waals surface area contributed by atoms with Gasteiger partial charge < -0.3 is 4.52 Å². The van der Waals surface area contributed by atoms with Gasteiger partial charge in [-0.3, -0.25) is 4.68 Å². The van der Waals surface area contributed by atoms with E-state index in [2.05, 4.69) is 15.2 Å². The Morgan fingerprint density at radius 2 is 2.31 bits per heavy atom. The molecule has 2 heterocycles. The first-order chi connectivity index (χ1) is 6.16. The first-order valence-corrected chi connectivity index (χ1v) is 4.75. The van der Waals surface area contributed by atoms with Crippen molar-refractivity contribution in [2.45, 2.75) is 6.92 Å². The maximum atomic E-state index is 5.02. The summed E-state index contributed by atoms with van der Waals surface area (Å²) in [6.45, 7) is 1.92. The topological polar surface area (TPSA) is 56.7 Å². The average molecular weight is 290 g/mol. The first kappa shape index (κ1) is 8.67. The van der Waals surface area contributed by atoms with Gasteiger partial charge in [0.2, 0.25) is 3.83 Å². The first-order valence-electron chi connectivity index (χ1n) is 3.67. The predicted molar refractivity (Wildman–Crippen MR) is 54.0 cm³/mol. The maximum absolute atomic E-state index is 5.02. The van der Waals surface area contributed by atoms with Gasteiger partial charge >= 0.3 is 0 Å². The predicted octanol–water partition coefficient (Wildman–Crippen LogP) is 1.38. The summed E-state index contributed by atoms with van der Waals surface area (Å²) in [6.07, 6.45) is 0. The van der Waals surface area contributed by atoms with Crippen LogP contribution in [-0.2, 0) is 7.05 Å². The van der Waals surface area contributed by atoms with E-state index >= 15 is 0 Å². The molecular formula is C7H7IN4O. The van der Waals surface area contributed by atoms with Gasteiger partial charge in [-0.25, -0.2) is 0 Å². The second kappa shape index (κ2) is 3.09. The Morgan fingerprint density at radius 3 is 2.77 bits per heavy atom.